The Hall–Kier alpha value is -3.00. The minimum Gasteiger partial charge on any atom is -0.340 e. The summed E-state index contributed by atoms with van der Waals surface area (Å²) in [7, 11) is 0. The molecule has 0 aliphatic rings. The van der Waals surface area contributed by atoms with Crippen LogP contribution in [0.5, 0.6) is 0 Å². The number of nitriles is 1. The van der Waals surface area contributed by atoms with Gasteiger partial charge in [0.25, 0.3) is 0 Å². The van der Waals surface area contributed by atoms with Crippen molar-refractivity contribution in [3.8, 4) is 6.07 Å². The largest absolute Gasteiger partial charge is 0.340 e. The highest BCUT2D eigenvalue weighted by Gasteiger charge is 2.23. The predicted octanol–water partition coefficient (Wildman–Crippen LogP) is 2.38. The van der Waals surface area contributed by atoms with Gasteiger partial charge >= 0.3 is 0 Å². The van der Waals surface area contributed by atoms with Gasteiger partial charge in [0.2, 0.25) is 0 Å². The van der Waals surface area contributed by atoms with Gasteiger partial charge in [-0.25, -0.2) is 4.98 Å². The van der Waals surface area contributed by atoms with E-state index in [9.17, 15) is 10.1 Å². The summed E-state index contributed by atoms with van der Waals surface area (Å²) in [6.07, 6.45) is 3.45. The normalized spacial score (nSPS) is 12.0. The number of rotatable bonds is 4. The fourth-order valence-corrected chi connectivity index (χ4v) is 2.20. The molecule has 0 fully saturated rings. The third-order valence-corrected chi connectivity index (χ3v) is 3.23. The number of para-hydroxylation sites is 2. The summed E-state index contributed by atoms with van der Waals surface area (Å²) >= 11 is 0. The molecule has 1 aromatic carbocycles. The Morgan fingerprint density at radius 2 is 2.14 bits per heavy atom. The zero-order chi connectivity index (χ0) is 14.7. The first-order valence-corrected chi connectivity index (χ1v) is 6.54. The molecule has 102 valence electrons. The minimum absolute atomic E-state index is 0.170. The summed E-state index contributed by atoms with van der Waals surface area (Å²) in [5.74, 6) is -0.685. The lowest BCUT2D eigenvalue weighted by molar-refractivity contribution is -0.118. The molecule has 0 spiro atoms. The van der Waals surface area contributed by atoms with Crippen LogP contribution in [-0.4, -0.2) is 20.7 Å². The van der Waals surface area contributed by atoms with Crippen LogP contribution in [0.1, 0.15) is 17.3 Å². The zero-order valence-electron chi connectivity index (χ0n) is 11.2. The second-order valence-corrected chi connectivity index (χ2v) is 4.71. The lowest BCUT2D eigenvalue weighted by Crippen LogP contribution is -2.15. The lowest BCUT2D eigenvalue weighted by Gasteiger charge is -2.05. The Bertz CT molecular complexity index is 784. The van der Waals surface area contributed by atoms with Gasteiger partial charge in [-0.05, 0) is 23.8 Å². The van der Waals surface area contributed by atoms with Gasteiger partial charge in [0.1, 0.15) is 5.82 Å². The number of aromatic nitrogens is 3. The Morgan fingerprint density at radius 1 is 1.29 bits per heavy atom. The first-order chi connectivity index (χ1) is 10.3. The molecule has 0 radical (unpaired) electrons. The third-order valence-electron chi connectivity index (χ3n) is 3.23. The van der Waals surface area contributed by atoms with E-state index in [1.54, 1.807) is 18.5 Å². The zero-order valence-corrected chi connectivity index (χ0v) is 11.2. The van der Waals surface area contributed by atoms with Crippen LogP contribution in [0.15, 0.2) is 48.8 Å². The highest BCUT2D eigenvalue weighted by atomic mass is 16.1. The van der Waals surface area contributed by atoms with E-state index in [0.29, 0.717) is 5.82 Å². The Morgan fingerprint density at radius 3 is 2.86 bits per heavy atom. The highest BCUT2D eigenvalue weighted by molar-refractivity contribution is 5.90. The number of imidazole rings is 1. The van der Waals surface area contributed by atoms with E-state index in [-0.39, 0.29) is 12.2 Å². The van der Waals surface area contributed by atoms with Crippen molar-refractivity contribution in [2.24, 2.45) is 0 Å². The van der Waals surface area contributed by atoms with Crippen molar-refractivity contribution in [2.45, 2.75) is 12.3 Å². The number of Topliss-reactive ketones (excluding diaryl/α,β-unsaturated/α-hetero) is 1. The molecule has 1 N–H and O–H groups in total. The monoisotopic (exact) mass is 276 g/mol. The molecular formula is C16H12N4O. The van der Waals surface area contributed by atoms with Crippen LogP contribution in [0.3, 0.4) is 0 Å². The van der Waals surface area contributed by atoms with E-state index in [0.717, 1.165) is 16.6 Å². The molecule has 21 heavy (non-hydrogen) atoms. The molecule has 0 saturated carbocycles. The molecule has 0 saturated heterocycles. The van der Waals surface area contributed by atoms with Crippen LogP contribution >= 0.6 is 0 Å². The van der Waals surface area contributed by atoms with Crippen molar-refractivity contribution in [3.63, 3.8) is 0 Å². The molecule has 1 atom stereocenters. The fourth-order valence-electron chi connectivity index (χ4n) is 2.20. The summed E-state index contributed by atoms with van der Waals surface area (Å²) < 4.78 is 0. The highest BCUT2D eigenvalue weighted by Crippen LogP contribution is 2.19. The summed E-state index contributed by atoms with van der Waals surface area (Å²) in [6.45, 7) is 0. The topological polar surface area (TPSA) is 82.4 Å². The van der Waals surface area contributed by atoms with Gasteiger partial charge < -0.3 is 4.98 Å². The minimum atomic E-state index is -0.891. The summed E-state index contributed by atoms with van der Waals surface area (Å²) in [5.41, 5.74) is 2.36. The Kier molecular flexibility index (Phi) is 3.44. The maximum atomic E-state index is 12.3. The molecule has 3 rings (SSSR count). The van der Waals surface area contributed by atoms with Crippen LogP contribution < -0.4 is 0 Å². The van der Waals surface area contributed by atoms with E-state index in [1.807, 2.05) is 36.4 Å². The summed E-state index contributed by atoms with van der Waals surface area (Å²) in [5, 5.41) is 9.31. The van der Waals surface area contributed by atoms with Crippen LogP contribution in [0.2, 0.25) is 0 Å². The predicted molar refractivity (Wildman–Crippen MR) is 77.4 cm³/mol. The first-order valence-electron chi connectivity index (χ1n) is 6.54. The average Bonchev–Trinajstić information content (AvgIpc) is 2.92. The lowest BCUT2D eigenvalue weighted by atomic mass is 9.99. The van der Waals surface area contributed by atoms with Crippen LogP contribution in [0.25, 0.3) is 11.0 Å². The SMILES string of the molecule is N#CC(C(=O)Cc1cccnc1)c1nc2ccccc2[nH]1. The van der Waals surface area contributed by atoms with Gasteiger partial charge in [-0.15, -0.1) is 0 Å². The van der Waals surface area contributed by atoms with E-state index in [2.05, 4.69) is 15.0 Å². The maximum Gasteiger partial charge on any atom is 0.162 e. The molecule has 3 aromatic rings. The van der Waals surface area contributed by atoms with Crippen molar-refractivity contribution < 1.29 is 4.79 Å². The van der Waals surface area contributed by atoms with Crippen molar-refractivity contribution in [1.29, 1.82) is 5.26 Å². The summed E-state index contributed by atoms with van der Waals surface area (Å²) in [4.78, 5) is 23.7. The Balaban J connectivity index is 1.87. The molecule has 0 amide bonds. The molecular weight excluding hydrogens is 264 g/mol. The number of aromatic amines is 1. The number of nitrogens with zero attached hydrogens (tertiary/aromatic N) is 3. The number of nitrogens with one attached hydrogen (secondary N) is 1. The fraction of sp³-hybridized carbons (Fsp3) is 0.125. The van der Waals surface area contributed by atoms with Crippen LogP contribution in [0.4, 0.5) is 0 Å². The van der Waals surface area contributed by atoms with Crippen LogP contribution in [0, 0.1) is 11.3 Å². The maximum absolute atomic E-state index is 12.3. The quantitative estimate of drug-likeness (QED) is 0.793. The molecule has 2 aromatic heterocycles. The average molecular weight is 276 g/mol. The Labute approximate surface area is 121 Å². The summed E-state index contributed by atoms with van der Waals surface area (Å²) in [6, 6.07) is 13.1. The van der Waals surface area contributed by atoms with Crippen molar-refractivity contribution in [3.05, 3.63) is 60.2 Å². The van der Waals surface area contributed by atoms with Crippen molar-refractivity contribution in [1.82, 2.24) is 15.0 Å². The molecule has 0 bridgehead atoms. The second kappa shape index (κ2) is 5.55. The van der Waals surface area contributed by atoms with Gasteiger partial charge in [0.05, 0.1) is 17.1 Å². The van der Waals surface area contributed by atoms with Crippen molar-refractivity contribution >= 4 is 16.8 Å². The molecule has 0 aliphatic carbocycles. The van der Waals surface area contributed by atoms with Gasteiger partial charge in [-0.3, -0.25) is 9.78 Å². The van der Waals surface area contributed by atoms with E-state index >= 15 is 0 Å². The molecule has 5 heteroatoms. The second-order valence-electron chi connectivity index (χ2n) is 4.71. The number of hydrogen-bond donors (Lipinski definition) is 1. The van der Waals surface area contributed by atoms with E-state index < -0.39 is 5.92 Å². The standard InChI is InChI=1S/C16H12N4O/c17-9-12(15(21)8-11-4-3-7-18-10-11)16-19-13-5-1-2-6-14(13)20-16/h1-7,10,12H,8H2,(H,19,20). The van der Waals surface area contributed by atoms with Crippen molar-refractivity contribution in [2.75, 3.05) is 0 Å². The number of carbonyl (C=O) groups excluding carboxylic acids is 1. The number of pyridine rings is 1. The first kappa shape index (κ1) is 13.0. The van der Waals surface area contributed by atoms with Gasteiger partial charge in [-0.2, -0.15) is 5.26 Å². The number of benzene rings is 1. The molecule has 2 heterocycles. The van der Waals surface area contributed by atoms with E-state index in [4.69, 9.17) is 0 Å². The number of fused-ring (bicyclic) bond motifs is 1. The smallest absolute Gasteiger partial charge is 0.162 e. The molecule has 5 nitrogen and oxygen atoms in total. The van der Waals surface area contributed by atoms with Gasteiger partial charge in [0, 0.05) is 18.8 Å². The van der Waals surface area contributed by atoms with Gasteiger partial charge in [0.15, 0.2) is 11.7 Å². The number of carbonyl (C=O) groups is 1. The molecule has 1 unspecified atom stereocenters. The third kappa shape index (κ3) is 2.65. The van der Waals surface area contributed by atoms with E-state index in [1.165, 1.54) is 0 Å². The van der Waals surface area contributed by atoms with Crippen LogP contribution in [-0.2, 0) is 11.2 Å². The van der Waals surface area contributed by atoms with Gasteiger partial charge in [-0.1, -0.05) is 18.2 Å². The number of ketones is 1. The number of H-pyrrole nitrogens is 1. The number of hydrogen-bond acceptors (Lipinski definition) is 4. The molecule has 0 aliphatic heterocycles.